The molecule has 1 saturated heterocycles. The van der Waals surface area contributed by atoms with E-state index in [-0.39, 0.29) is 5.54 Å². The molecule has 1 aromatic carbocycles. The highest BCUT2D eigenvalue weighted by atomic mass is 15.3. The highest BCUT2D eigenvalue weighted by Gasteiger charge is 2.25. The van der Waals surface area contributed by atoms with Gasteiger partial charge in [-0.1, -0.05) is 50.6 Å². The Morgan fingerprint density at radius 2 is 1.74 bits per heavy atom. The molecule has 1 fully saturated rings. The van der Waals surface area contributed by atoms with Crippen LogP contribution in [-0.2, 0) is 19.4 Å². The zero-order chi connectivity index (χ0) is 24.1. The van der Waals surface area contributed by atoms with Gasteiger partial charge in [-0.05, 0) is 63.8 Å². The lowest BCUT2D eigenvalue weighted by atomic mass is 10.0. The highest BCUT2D eigenvalue weighted by molar-refractivity contribution is 5.67. The van der Waals surface area contributed by atoms with Gasteiger partial charge < -0.3 is 14.8 Å². The minimum absolute atomic E-state index is 0.0416. The molecule has 1 unspecified atom stereocenters. The van der Waals surface area contributed by atoms with Gasteiger partial charge in [-0.25, -0.2) is 4.98 Å². The number of hydrogen-bond donors (Lipinski definition) is 1. The maximum Gasteiger partial charge on any atom is 0.134 e. The van der Waals surface area contributed by atoms with E-state index in [1.807, 2.05) is 0 Å². The molecule has 1 atom stereocenters. The Labute approximate surface area is 207 Å². The van der Waals surface area contributed by atoms with E-state index in [0.717, 1.165) is 42.8 Å². The van der Waals surface area contributed by atoms with Crippen molar-refractivity contribution in [1.82, 2.24) is 19.4 Å². The van der Waals surface area contributed by atoms with E-state index in [0.29, 0.717) is 0 Å². The van der Waals surface area contributed by atoms with E-state index < -0.39 is 0 Å². The van der Waals surface area contributed by atoms with Crippen molar-refractivity contribution < 1.29 is 0 Å². The average Bonchev–Trinajstić information content (AvgIpc) is 3.16. The molecule has 2 aliphatic heterocycles. The summed E-state index contributed by atoms with van der Waals surface area (Å²) < 4.78 is 2.36. The van der Waals surface area contributed by atoms with Gasteiger partial charge in [0.1, 0.15) is 17.3 Å². The minimum Gasteiger partial charge on any atom is -0.361 e. The predicted molar refractivity (Wildman–Crippen MR) is 145 cm³/mol. The van der Waals surface area contributed by atoms with Crippen molar-refractivity contribution in [1.29, 1.82) is 0 Å². The summed E-state index contributed by atoms with van der Waals surface area (Å²) in [5.74, 6) is 2.30. The number of hydrogen-bond acceptors (Lipinski definition) is 4. The van der Waals surface area contributed by atoms with Gasteiger partial charge >= 0.3 is 0 Å². The first-order valence-corrected chi connectivity index (χ1v) is 13.5. The summed E-state index contributed by atoms with van der Waals surface area (Å²) >= 11 is 0. The summed E-state index contributed by atoms with van der Waals surface area (Å²) in [6.45, 7) is 18.3. The molecule has 186 valence electrons. The molecule has 0 spiro atoms. The molecule has 1 aromatic heterocycles. The summed E-state index contributed by atoms with van der Waals surface area (Å²) in [6.07, 6.45) is 10.3. The zero-order valence-electron chi connectivity index (χ0n) is 22.1. The van der Waals surface area contributed by atoms with Gasteiger partial charge in [-0.3, -0.25) is 4.90 Å². The van der Waals surface area contributed by atoms with Crippen molar-refractivity contribution in [2.24, 2.45) is 0 Å². The number of fused-ring (bicyclic) bond motifs is 1. The largest absolute Gasteiger partial charge is 0.361 e. The normalized spacial score (nSPS) is 19.1. The van der Waals surface area contributed by atoms with E-state index in [1.165, 1.54) is 63.1 Å². The number of aryl methyl sites for hydroxylation is 2. The molecule has 5 heteroatoms. The Kier molecular flexibility index (Phi) is 8.15. The van der Waals surface area contributed by atoms with Crippen LogP contribution in [0.2, 0.25) is 0 Å². The lowest BCUT2D eigenvalue weighted by Crippen LogP contribution is -2.49. The molecule has 0 amide bonds. The van der Waals surface area contributed by atoms with Gasteiger partial charge in [0, 0.05) is 38.6 Å². The Morgan fingerprint density at radius 3 is 2.41 bits per heavy atom. The van der Waals surface area contributed by atoms with Gasteiger partial charge in [0.05, 0.1) is 12.1 Å². The first-order valence-electron chi connectivity index (χ1n) is 13.5. The first kappa shape index (κ1) is 25.0. The predicted octanol–water partition coefficient (Wildman–Crippen LogP) is 5.45. The molecule has 4 rings (SSSR count). The SMILES string of the molecule is CCCC(C)N1CCN(CCCc2ccc(Cn3c(CC)nc4c3NC(C)(C)C=C4)cc2)CC1. The summed E-state index contributed by atoms with van der Waals surface area (Å²) in [5, 5.41) is 3.67. The first-order chi connectivity index (χ1) is 16.4. The van der Waals surface area contributed by atoms with Gasteiger partial charge in [0.25, 0.3) is 0 Å². The minimum atomic E-state index is -0.0416. The quantitative estimate of drug-likeness (QED) is 0.508. The summed E-state index contributed by atoms with van der Waals surface area (Å²) in [6, 6.07) is 10.0. The van der Waals surface area contributed by atoms with Crippen LogP contribution in [0.25, 0.3) is 6.08 Å². The summed E-state index contributed by atoms with van der Waals surface area (Å²) in [7, 11) is 0. The molecule has 1 N–H and O–H groups in total. The van der Waals surface area contributed by atoms with Gasteiger partial charge in [-0.15, -0.1) is 0 Å². The second-order valence-corrected chi connectivity index (χ2v) is 10.8. The Morgan fingerprint density at radius 1 is 1.03 bits per heavy atom. The van der Waals surface area contributed by atoms with Crippen molar-refractivity contribution in [3.63, 3.8) is 0 Å². The fourth-order valence-electron chi connectivity index (χ4n) is 5.37. The van der Waals surface area contributed by atoms with Gasteiger partial charge in [0.15, 0.2) is 0 Å². The number of imidazole rings is 1. The Balaban J connectivity index is 1.27. The van der Waals surface area contributed by atoms with E-state index >= 15 is 0 Å². The van der Waals surface area contributed by atoms with Crippen molar-refractivity contribution in [3.05, 3.63) is 53.0 Å². The number of rotatable bonds is 10. The number of piperazine rings is 1. The van der Waals surface area contributed by atoms with Crippen molar-refractivity contribution >= 4 is 11.9 Å². The molecule has 34 heavy (non-hydrogen) atoms. The highest BCUT2D eigenvalue weighted by Crippen LogP contribution is 2.30. The summed E-state index contributed by atoms with van der Waals surface area (Å²) in [5.41, 5.74) is 3.81. The molecule has 2 aromatic rings. The number of benzene rings is 1. The third-order valence-electron chi connectivity index (χ3n) is 7.53. The van der Waals surface area contributed by atoms with Crippen LogP contribution >= 0.6 is 0 Å². The van der Waals surface area contributed by atoms with E-state index in [4.69, 9.17) is 4.98 Å². The third kappa shape index (κ3) is 6.11. The molecular weight excluding hydrogens is 418 g/mol. The molecule has 0 bridgehead atoms. The molecule has 0 saturated carbocycles. The Bertz CT molecular complexity index is 948. The van der Waals surface area contributed by atoms with Crippen LogP contribution in [0.15, 0.2) is 30.3 Å². The zero-order valence-corrected chi connectivity index (χ0v) is 22.1. The standard InChI is InChI=1S/C29H45N5/c1-6-9-23(3)33-20-18-32(19-21-33)17-8-10-24-11-13-25(14-12-24)22-34-27(7-2)30-26-15-16-29(4,5)31-28(26)34/h11-16,23,31H,6-10,17-22H2,1-5H3. The smallest absolute Gasteiger partial charge is 0.134 e. The molecular formula is C29H45N5. The van der Waals surface area contributed by atoms with Crippen LogP contribution in [0.4, 0.5) is 5.82 Å². The summed E-state index contributed by atoms with van der Waals surface area (Å²) in [4.78, 5) is 10.2. The van der Waals surface area contributed by atoms with Crippen LogP contribution in [-0.4, -0.2) is 63.7 Å². The van der Waals surface area contributed by atoms with Crippen LogP contribution in [0.5, 0.6) is 0 Å². The maximum absolute atomic E-state index is 4.86. The van der Waals surface area contributed by atoms with E-state index in [1.54, 1.807) is 0 Å². The topological polar surface area (TPSA) is 36.3 Å². The van der Waals surface area contributed by atoms with Gasteiger partial charge in [-0.2, -0.15) is 0 Å². The lowest BCUT2D eigenvalue weighted by Gasteiger charge is -2.38. The number of aromatic nitrogens is 2. The molecule has 0 radical (unpaired) electrons. The fraction of sp³-hybridized carbons (Fsp3) is 0.621. The van der Waals surface area contributed by atoms with Crippen LogP contribution in [0.1, 0.15) is 76.5 Å². The van der Waals surface area contributed by atoms with Crippen LogP contribution in [0, 0.1) is 0 Å². The fourth-order valence-corrected chi connectivity index (χ4v) is 5.37. The average molecular weight is 464 g/mol. The molecule has 3 heterocycles. The number of anilines is 1. The maximum atomic E-state index is 4.86. The number of nitrogens with zero attached hydrogens (tertiary/aromatic N) is 4. The van der Waals surface area contributed by atoms with Gasteiger partial charge in [0.2, 0.25) is 0 Å². The van der Waals surface area contributed by atoms with E-state index in [2.05, 4.69) is 90.7 Å². The second-order valence-electron chi connectivity index (χ2n) is 10.8. The molecule has 0 aliphatic carbocycles. The van der Waals surface area contributed by atoms with Crippen molar-refractivity contribution in [2.75, 3.05) is 38.0 Å². The molecule has 2 aliphatic rings. The second kappa shape index (κ2) is 11.1. The van der Waals surface area contributed by atoms with E-state index in [9.17, 15) is 0 Å². The van der Waals surface area contributed by atoms with Crippen molar-refractivity contribution in [3.8, 4) is 0 Å². The molecule has 5 nitrogen and oxygen atoms in total. The van der Waals surface area contributed by atoms with Crippen LogP contribution in [0.3, 0.4) is 0 Å². The monoisotopic (exact) mass is 463 g/mol. The Hall–Kier alpha value is -2.11. The van der Waals surface area contributed by atoms with Crippen molar-refractivity contribution in [2.45, 2.75) is 84.8 Å². The third-order valence-corrected chi connectivity index (χ3v) is 7.53. The number of nitrogens with one attached hydrogen (secondary N) is 1. The van der Waals surface area contributed by atoms with Crippen LogP contribution < -0.4 is 5.32 Å². The lowest BCUT2D eigenvalue weighted by molar-refractivity contribution is 0.0978.